The van der Waals surface area contributed by atoms with Crippen molar-refractivity contribution in [1.82, 2.24) is 19.7 Å². The molecule has 0 saturated carbocycles. The van der Waals surface area contributed by atoms with Crippen LogP contribution in [0.2, 0.25) is 0 Å². The van der Waals surface area contributed by atoms with Crippen LogP contribution >= 0.6 is 0 Å². The number of nitrogens with zero attached hydrogens (tertiary/aromatic N) is 3. The molecule has 31 heavy (non-hydrogen) atoms. The Morgan fingerprint density at radius 3 is 2.42 bits per heavy atom. The number of methoxy groups -OCH3 is 3. The lowest BCUT2D eigenvalue weighted by atomic mass is 10.2. The maximum absolute atomic E-state index is 12.5. The number of carbonyl (C=O) groups is 1. The molecule has 10 nitrogen and oxygen atoms in total. The van der Waals surface area contributed by atoms with Crippen molar-refractivity contribution >= 4 is 11.7 Å². The van der Waals surface area contributed by atoms with Gasteiger partial charge in [0.25, 0.3) is 0 Å². The largest absolute Gasteiger partial charge is 0.497 e. The van der Waals surface area contributed by atoms with E-state index >= 15 is 0 Å². The lowest BCUT2D eigenvalue weighted by Crippen LogP contribution is -2.34. The summed E-state index contributed by atoms with van der Waals surface area (Å²) >= 11 is 0. The van der Waals surface area contributed by atoms with Crippen LogP contribution < -0.4 is 30.5 Å². The molecule has 1 aromatic heterocycles. The van der Waals surface area contributed by atoms with E-state index in [0.717, 1.165) is 11.3 Å². The van der Waals surface area contributed by atoms with Crippen LogP contribution in [-0.2, 0) is 13.6 Å². The van der Waals surface area contributed by atoms with Gasteiger partial charge in [-0.15, -0.1) is 5.10 Å². The topological polar surface area (TPSA) is 109 Å². The Labute approximate surface area is 179 Å². The molecule has 3 aromatic rings. The molecule has 164 valence electrons. The van der Waals surface area contributed by atoms with Crippen molar-refractivity contribution in [2.24, 2.45) is 7.05 Å². The predicted molar refractivity (Wildman–Crippen MR) is 116 cm³/mol. The van der Waals surface area contributed by atoms with Crippen molar-refractivity contribution in [1.29, 1.82) is 0 Å². The fraction of sp³-hybridized carbons (Fsp3) is 0.286. The van der Waals surface area contributed by atoms with E-state index in [4.69, 9.17) is 14.2 Å². The van der Waals surface area contributed by atoms with E-state index < -0.39 is 6.03 Å². The Hall–Kier alpha value is -3.95. The minimum absolute atomic E-state index is 0.205. The SMILES string of the molecule is COc1ccc(-c2nn(CCNC(=O)Nc3cccc(OC)c3OC)c(=O)n2C)cc1. The van der Waals surface area contributed by atoms with E-state index in [0.29, 0.717) is 23.0 Å². The maximum atomic E-state index is 12.5. The third kappa shape index (κ3) is 4.80. The summed E-state index contributed by atoms with van der Waals surface area (Å²) in [5.41, 5.74) is 0.980. The van der Waals surface area contributed by atoms with Gasteiger partial charge in [0, 0.05) is 19.2 Å². The molecule has 10 heteroatoms. The first-order valence-corrected chi connectivity index (χ1v) is 9.52. The van der Waals surface area contributed by atoms with Crippen molar-refractivity contribution in [3.63, 3.8) is 0 Å². The quantitative estimate of drug-likeness (QED) is 0.570. The van der Waals surface area contributed by atoms with Gasteiger partial charge in [-0.3, -0.25) is 4.57 Å². The highest BCUT2D eigenvalue weighted by Gasteiger charge is 2.14. The van der Waals surface area contributed by atoms with E-state index in [2.05, 4.69) is 15.7 Å². The second-order valence-electron chi connectivity index (χ2n) is 6.54. The molecule has 0 fully saturated rings. The number of hydrogen-bond donors (Lipinski definition) is 2. The monoisotopic (exact) mass is 427 g/mol. The molecule has 0 spiro atoms. The van der Waals surface area contributed by atoms with E-state index in [1.807, 2.05) is 12.1 Å². The van der Waals surface area contributed by atoms with Crippen LogP contribution in [-0.4, -0.2) is 48.3 Å². The Balaban J connectivity index is 1.63. The van der Waals surface area contributed by atoms with Gasteiger partial charge in [-0.25, -0.2) is 14.3 Å². The van der Waals surface area contributed by atoms with Gasteiger partial charge in [0.05, 0.1) is 33.6 Å². The smallest absolute Gasteiger partial charge is 0.345 e. The molecule has 0 radical (unpaired) electrons. The number of carbonyl (C=O) groups excluding carboxylic acids is 1. The molecule has 0 unspecified atom stereocenters. The Morgan fingerprint density at radius 1 is 1.03 bits per heavy atom. The van der Waals surface area contributed by atoms with Crippen LogP contribution in [0.3, 0.4) is 0 Å². The first-order valence-electron chi connectivity index (χ1n) is 9.52. The molecule has 0 aliphatic carbocycles. The number of para-hydroxylation sites is 1. The van der Waals surface area contributed by atoms with Crippen molar-refractivity contribution in [2.75, 3.05) is 33.2 Å². The molecular formula is C21H25N5O5. The normalized spacial score (nSPS) is 10.5. The van der Waals surface area contributed by atoms with Crippen molar-refractivity contribution < 1.29 is 19.0 Å². The van der Waals surface area contributed by atoms with Gasteiger partial charge in [0.15, 0.2) is 17.3 Å². The van der Waals surface area contributed by atoms with Crippen LogP contribution in [0.4, 0.5) is 10.5 Å². The van der Waals surface area contributed by atoms with E-state index in [-0.39, 0.29) is 18.8 Å². The fourth-order valence-corrected chi connectivity index (χ4v) is 3.05. The highest BCUT2D eigenvalue weighted by Crippen LogP contribution is 2.34. The fourth-order valence-electron chi connectivity index (χ4n) is 3.05. The molecule has 0 aliphatic rings. The standard InChI is InChI=1S/C21H25N5O5/c1-25-19(14-8-10-15(29-2)11-9-14)24-26(21(25)28)13-12-22-20(27)23-16-6-5-7-17(30-3)18(16)31-4/h5-11H,12-13H2,1-4H3,(H2,22,23,27). The highest BCUT2D eigenvalue weighted by atomic mass is 16.5. The highest BCUT2D eigenvalue weighted by molar-refractivity contribution is 5.91. The van der Waals surface area contributed by atoms with Crippen LogP contribution in [0, 0.1) is 0 Å². The average molecular weight is 427 g/mol. The van der Waals surface area contributed by atoms with E-state index in [9.17, 15) is 9.59 Å². The number of ether oxygens (including phenoxy) is 3. The molecule has 2 N–H and O–H groups in total. The molecule has 0 saturated heterocycles. The van der Waals surface area contributed by atoms with Crippen LogP contribution in [0.5, 0.6) is 17.2 Å². The van der Waals surface area contributed by atoms with Gasteiger partial charge in [-0.1, -0.05) is 6.07 Å². The lowest BCUT2D eigenvalue weighted by molar-refractivity contribution is 0.251. The molecule has 3 rings (SSSR count). The number of benzene rings is 2. The summed E-state index contributed by atoms with van der Waals surface area (Å²) in [6.07, 6.45) is 0. The lowest BCUT2D eigenvalue weighted by Gasteiger charge is -2.13. The number of rotatable bonds is 8. The molecule has 2 aromatic carbocycles. The Morgan fingerprint density at radius 2 is 1.77 bits per heavy atom. The summed E-state index contributed by atoms with van der Waals surface area (Å²) in [5, 5.41) is 9.80. The van der Waals surface area contributed by atoms with Crippen molar-refractivity contribution in [2.45, 2.75) is 6.54 Å². The number of anilines is 1. The van der Waals surface area contributed by atoms with Crippen molar-refractivity contribution in [3.05, 3.63) is 52.9 Å². The van der Waals surface area contributed by atoms with E-state index in [1.165, 1.54) is 23.5 Å². The average Bonchev–Trinajstić information content (AvgIpc) is 3.07. The maximum Gasteiger partial charge on any atom is 0.345 e. The number of amides is 2. The summed E-state index contributed by atoms with van der Waals surface area (Å²) in [6, 6.07) is 12.0. The van der Waals surface area contributed by atoms with Gasteiger partial charge in [0.1, 0.15) is 5.75 Å². The van der Waals surface area contributed by atoms with Crippen LogP contribution in [0.25, 0.3) is 11.4 Å². The number of aromatic nitrogens is 3. The zero-order valence-corrected chi connectivity index (χ0v) is 17.8. The van der Waals surface area contributed by atoms with E-state index in [1.54, 1.807) is 44.5 Å². The van der Waals surface area contributed by atoms with Crippen LogP contribution in [0.1, 0.15) is 0 Å². The molecular weight excluding hydrogens is 402 g/mol. The molecule has 0 aliphatic heterocycles. The third-order valence-electron chi connectivity index (χ3n) is 4.65. The van der Waals surface area contributed by atoms with Gasteiger partial charge in [-0.05, 0) is 36.4 Å². The number of urea groups is 1. The molecule has 1 heterocycles. The molecule has 0 bridgehead atoms. The Kier molecular flexibility index (Phi) is 6.81. The number of nitrogens with one attached hydrogen (secondary N) is 2. The summed E-state index contributed by atoms with van der Waals surface area (Å²) in [6.45, 7) is 0.419. The third-order valence-corrected chi connectivity index (χ3v) is 4.65. The minimum Gasteiger partial charge on any atom is -0.497 e. The molecule has 0 atom stereocenters. The summed E-state index contributed by atoms with van der Waals surface area (Å²) in [4.78, 5) is 24.8. The summed E-state index contributed by atoms with van der Waals surface area (Å²) < 4.78 is 18.4. The minimum atomic E-state index is -0.439. The van der Waals surface area contributed by atoms with Gasteiger partial charge in [0.2, 0.25) is 0 Å². The summed E-state index contributed by atoms with van der Waals surface area (Å²) in [7, 11) is 6.26. The first-order chi connectivity index (χ1) is 15.0. The second kappa shape index (κ2) is 9.70. The van der Waals surface area contributed by atoms with Crippen molar-refractivity contribution in [3.8, 4) is 28.6 Å². The van der Waals surface area contributed by atoms with Gasteiger partial charge in [-0.2, -0.15) is 0 Å². The van der Waals surface area contributed by atoms with Crippen LogP contribution in [0.15, 0.2) is 47.3 Å². The molecule has 2 amide bonds. The Bertz CT molecular complexity index is 1100. The second-order valence-corrected chi connectivity index (χ2v) is 6.54. The first kappa shape index (κ1) is 21.8. The predicted octanol–water partition coefficient (Wildman–Crippen LogP) is 2.10. The number of hydrogen-bond acceptors (Lipinski definition) is 6. The van der Waals surface area contributed by atoms with Gasteiger partial charge < -0.3 is 24.8 Å². The zero-order chi connectivity index (χ0) is 22.4. The van der Waals surface area contributed by atoms with Gasteiger partial charge >= 0.3 is 11.7 Å². The summed E-state index contributed by atoms with van der Waals surface area (Å²) in [5.74, 6) is 2.17. The zero-order valence-electron chi connectivity index (χ0n) is 17.8.